The van der Waals surface area contributed by atoms with Crippen molar-refractivity contribution < 1.29 is 4.84 Å². The highest BCUT2D eigenvalue weighted by Gasteiger charge is 2.21. The maximum absolute atomic E-state index is 4.92. The van der Waals surface area contributed by atoms with Crippen molar-refractivity contribution in [3.05, 3.63) is 0 Å². The molecule has 0 amide bonds. The van der Waals surface area contributed by atoms with E-state index in [-0.39, 0.29) is 0 Å². The number of hydrogen-bond donors (Lipinski definition) is 1. The minimum absolute atomic E-state index is 0.744. The van der Waals surface area contributed by atoms with E-state index in [9.17, 15) is 0 Å². The lowest BCUT2D eigenvalue weighted by Gasteiger charge is -1.91. The standard InChI is InChI=1S/C5H10N2O/c6-4-7-8-3-5-1-2-5/h4-5H,1-3H2,(H2,6,7). The van der Waals surface area contributed by atoms with Gasteiger partial charge in [-0.25, -0.2) is 0 Å². The zero-order valence-electron chi connectivity index (χ0n) is 4.71. The fraction of sp³-hybridized carbons (Fsp3) is 0.800. The second-order valence-corrected chi connectivity index (χ2v) is 1.99. The molecule has 0 atom stereocenters. The molecule has 0 aromatic heterocycles. The summed E-state index contributed by atoms with van der Waals surface area (Å²) in [7, 11) is 0. The van der Waals surface area contributed by atoms with Crippen molar-refractivity contribution in [3.63, 3.8) is 0 Å². The average molecular weight is 114 g/mol. The van der Waals surface area contributed by atoms with Crippen molar-refractivity contribution in [1.82, 2.24) is 0 Å². The van der Waals surface area contributed by atoms with Gasteiger partial charge in [0.15, 0.2) is 0 Å². The Bertz CT molecular complexity index is 88.4. The molecule has 3 heteroatoms. The molecule has 0 radical (unpaired) electrons. The quantitative estimate of drug-likeness (QED) is 0.326. The van der Waals surface area contributed by atoms with E-state index >= 15 is 0 Å². The molecule has 1 saturated carbocycles. The van der Waals surface area contributed by atoms with Crippen molar-refractivity contribution in [2.24, 2.45) is 16.8 Å². The van der Waals surface area contributed by atoms with E-state index in [1.165, 1.54) is 19.2 Å². The second-order valence-electron chi connectivity index (χ2n) is 1.99. The molecule has 8 heavy (non-hydrogen) atoms. The molecule has 0 aromatic rings. The average Bonchev–Trinajstić information content (AvgIpc) is 2.51. The molecule has 2 N–H and O–H groups in total. The summed E-state index contributed by atoms with van der Waals surface area (Å²) in [5.74, 6) is 0.763. The summed E-state index contributed by atoms with van der Waals surface area (Å²) in [6.45, 7) is 0.744. The molecular formula is C5H10N2O. The smallest absolute Gasteiger partial charge is 0.125 e. The van der Waals surface area contributed by atoms with E-state index in [1.807, 2.05) is 0 Å². The van der Waals surface area contributed by atoms with Crippen molar-refractivity contribution in [1.29, 1.82) is 0 Å². The van der Waals surface area contributed by atoms with Gasteiger partial charge in [-0.3, -0.25) is 0 Å². The molecule has 3 nitrogen and oxygen atoms in total. The monoisotopic (exact) mass is 114 g/mol. The minimum atomic E-state index is 0.744. The van der Waals surface area contributed by atoms with Crippen LogP contribution in [-0.2, 0) is 4.84 Å². The van der Waals surface area contributed by atoms with E-state index < -0.39 is 0 Å². The topological polar surface area (TPSA) is 47.6 Å². The van der Waals surface area contributed by atoms with Gasteiger partial charge in [-0.2, -0.15) is 0 Å². The SMILES string of the molecule is NC=NOCC1CC1. The summed E-state index contributed by atoms with van der Waals surface area (Å²) in [6, 6.07) is 0. The van der Waals surface area contributed by atoms with Crippen LogP contribution in [0.25, 0.3) is 0 Å². The zero-order valence-corrected chi connectivity index (χ0v) is 4.71. The van der Waals surface area contributed by atoms with Gasteiger partial charge in [0.2, 0.25) is 0 Å². The lowest BCUT2D eigenvalue weighted by atomic mass is 10.5. The molecule has 1 fully saturated rings. The fourth-order valence-electron chi connectivity index (χ4n) is 0.476. The van der Waals surface area contributed by atoms with Crippen LogP contribution in [0.5, 0.6) is 0 Å². The van der Waals surface area contributed by atoms with Crippen molar-refractivity contribution >= 4 is 6.34 Å². The zero-order chi connectivity index (χ0) is 5.82. The molecule has 1 aliphatic carbocycles. The van der Waals surface area contributed by atoms with Crippen LogP contribution in [0.15, 0.2) is 5.16 Å². The highest BCUT2D eigenvalue weighted by atomic mass is 16.6. The fourth-order valence-corrected chi connectivity index (χ4v) is 0.476. The van der Waals surface area contributed by atoms with E-state index in [0.717, 1.165) is 12.5 Å². The Hall–Kier alpha value is -0.730. The second kappa shape index (κ2) is 2.55. The van der Waals surface area contributed by atoms with Crippen molar-refractivity contribution in [2.45, 2.75) is 12.8 Å². The van der Waals surface area contributed by atoms with E-state index in [2.05, 4.69) is 5.16 Å². The van der Waals surface area contributed by atoms with Gasteiger partial charge in [-0.1, -0.05) is 5.16 Å². The molecule has 0 aliphatic heterocycles. The van der Waals surface area contributed by atoms with Gasteiger partial charge in [-0.15, -0.1) is 0 Å². The number of nitrogens with two attached hydrogens (primary N) is 1. The van der Waals surface area contributed by atoms with Gasteiger partial charge in [-0.05, 0) is 18.8 Å². The van der Waals surface area contributed by atoms with E-state index in [0.29, 0.717) is 0 Å². The summed E-state index contributed by atoms with van der Waals surface area (Å²) < 4.78 is 0. The van der Waals surface area contributed by atoms with Crippen LogP contribution in [-0.4, -0.2) is 12.9 Å². The van der Waals surface area contributed by atoms with Gasteiger partial charge in [0, 0.05) is 0 Å². The Morgan fingerprint density at radius 2 is 2.50 bits per heavy atom. The summed E-state index contributed by atoms with van der Waals surface area (Å²) in [5, 5.41) is 3.40. The minimum Gasteiger partial charge on any atom is -0.394 e. The predicted octanol–water partition coefficient (Wildman–Crippen LogP) is 0.315. The Morgan fingerprint density at radius 3 is 3.00 bits per heavy atom. The van der Waals surface area contributed by atoms with Crippen LogP contribution in [0.3, 0.4) is 0 Å². The maximum Gasteiger partial charge on any atom is 0.125 e. The maximum atomic E-state index is 4.92. The molecule has 0 aromatic carbocycles. The molecule has 0 saturated heterocycles. The molecule has 1 rings (SSSR count). The summed E-state index contributed by atoms with van der Waals surface area (Å²) >= 11 is 0. The first kappa shape index (κ1) is 5.41. The largest absolute Gasteiger partial charge is 0.394 e. The number of nitrogens with zero attached hydrogens (tertiary/aromatic N) is 1. The van der Waals surface area contributed by atoms with Crippen LogP contribution in [0.1, 0.15) is 12.8 Å². The lowest BCUT2D eigenvalue weighted by molar-refractivity contribution is 0.135. The predicted molar refractivity (Wildman–Crippen MR) is 31.4 cm³/mol. The summed E-state index contributed by atoms with van der Waals surface area (Å²) in [5.41, 5.74) is 4.92. The van der Waals surface area contributed by atoms with Gasteiger partial charge in [0.05, 0.1) is 0 Å². The van der Waals surface area contributed by atoms with Gasteiger partial charge >= 0.3 is 0 Å². The Labute approximate surface area is 48.5 Å². The van der Waals surface area contributed by atoms with Gasteiger partial charge in [0.1, 0.15) is 12.9 Å². The summed E-state index contributed by atoms with van der Waals surface area (Å²) in [4.78, 5) is 4.75. The van der Waals surface area contributed by atoms with Crippen LogP contribution in [0.2, 0.25) is 0 Å². The lowest BCUT2D eigenvalue weighted by Crippen LogP contribution is -1.93. The van der Waals surface area contributed by atoms with Crippen LogP contribution in [0, 0.1) is 5.92 Å². The number of rotatable bonds is 3. The molecule has 0 bridgehead atoms. The molecule has 0 heterocycles. The molecule has 0 unspecified atom stereocenters. The van der Waals surface area contributed by atoms with E-state index in [4.69, 9.17) is 10.6 Å². The van der Waals surface area contributed by atoms with Crippen LogP contribution in [0.4, 0.5) is 0 Å². The molecule has 1 aliphatic rings. The van der Waals surface area contributed by atoms with Crippen molar-refractivity contribution in [3.8, 4) is 0 Å². The Balaban J connectivity index is 1.88. The Kier molecular flexibility index (Phi) is 1.72. The number of hydrogen-bond acceptors (Lipinski definition) is 2. The highest BCUT2D eigenvalue weighted by Crippen LogP contribution is 2.28. The molecule has 0 spiro atoms. The molecular weight excluding hydrogens is 104 g/mol. The van der Waals surface area contributed by atoms with Crippen LogP contribution >= 0.6 is 0 Å². The first-order chi connectivity index (χ1) is 3.93. The van der Waals surface area contributed by atoms with Crippen molar-refractivity contribution in [2.75, 3.05) is 6.61 Å². The first-order valence-corrected chi connectivity index (χ1v) is 2.79. The molecule has 46 valence electrons. The highest BCUT2D eigenvalue weighted by molar-refractivity contribution is 5.49. The van der Waals surface area contributed by atoms with Gasteiger partial charge < -0.3 is 10.6 Å². The first-order valence-electron chi connectivity index (χ1n) is 2.79. The van der Waals surface area contributed by atoms with E-state index in [1.54, 1.807) is 0 Å². The normalized spacial score (nSPS) is 19.5. The Morgan fingerprint density at radius 1 is 1.75 bits per heavy atom. The van der Waals surface area contributed by atoms with Gasteiger partial charge in [0.25, 0.3) is 0 Å². The third-order valence-corrected chi connectivity index (χ3v) is 1.14. The number of oxime groups is 1. The third kappa shape index (κ3) is 1.82. The van der Waals surface area contributed by atoms with Crippen LogP contribution < -0.4 is 5.73 Å². The summed E-state index contributed by atoms with van der Waals surface area (Å²) in [6.07, 6.45) is 3.75. The third-order valence-electron chi connectivity index (χ3n) is 1.14.